The number of hydrogen-bond acceptors (Lipinski definition) is 5. The maximum Gasteiger partial charge on any atom is 0.323 e. The van der Waals surface area contributed by atoms with Gasteiger partial charge >= 0.3 is 5.97 Å². The summed E-state index contributed by atoms with van der Waals surface area (Å²) < 4.78 is 12.2. The first-order chi connectivity index (χ1) is 17.9. The zero-order valence-electron chi connectivity index (χ0n) is 21.7. The minimum absolute atomic E-state index is 0.116. The number of rotatable bonds is 11. The van der Waals surface area contributed by atoms with Crippen molar-refractivity contribution in [3.05, 3.63) is 77.2 Å². The molecule has 0 radical (unpaired) electrons. The molecule has 7 nitrogen and oxygen atoms in total. The molecule has 1 heterocycles. The van der Waals surface area contributed by atoms with Crippen molar-refractivity contribution in [2.24, 2.45) is 5.92 Å². The summed E-state index contributed by atoms with van der Waals surface area (Å²) in [5.74, 6) is 0.633. The van der Waals surface area contributed by atoms with Gasteiger partial charge in [-0.1, -0.05) is 60.9 Å². The van der Waals surface area contributed by atoms with Gasteiger partial charge in [0.1, 0.15) is 18.0 Å². The first kappa shape index (κ1) is 26.6. The van der Waals surface area contributed by atoms with Crippen LogP contribution in [-0.2, 0) is 27.4 Å². The maximum absolute atomic E-state index is 12.8. The molecule has 2 atom stereocenters. The number of carboxylic acids is 1. The molecular formula is C30H36N2O5. The van der Waals surface area contributed by atoms with Crippen molar-refractivity contribution >= 4 is 11.9 Å². The molecule has 37 heavy (non-hydrogen) atoms. The van der Waals surface area contributed by atoms with Crippen molar-refractivity contribution in [3.8, 4) is 11.5 Å². The van der Waals surface area contributed by atoms with Crippen molar-refractivity contribution in [1.29, 1.82) is 0 Å². The van der Waals surface area contributed by atoms with Crippen LogP contribution in [0.15, 0.2) is 59.0 Å². The number of carbonyl (C=O) groups is 2. The summed E-state index contributed by atoms with van der Waals surface area (Å²) in [6.45, 7) is 4.53. The highest BCUT2D eigenvalue weighted by molar-refractivity contribution is 5.83. The van der Waals surface area contributed by atoms with Gasteiger partial charge in [0, 0.05) is 12.1 Å². The van der Waals surface area contributed by atoms with E-state index in [0.717, 1.165) is 60.2 Å². The summed E-state index contributed by atoms with van der Waals surface area (Å²) in [6, 6.07) is 17.5. The highest BCUT2D eigenvalue weighted by Crippen LogP contribution is 2.30. The average Bonchev–Trinajstić information content (AvgIpc) is 3.26. The van der Waals surface area contributed by atoms with E-state index >= 15 is 0 Å². The standard InChI is InChI=1S/C30H36N2O5/c1-21-8-6-12-25(16-21)30-31-27(22(2)37-30)20-36-26-13-7-11-24(17-26)14-15-32(19-29(34)35)28(33)18-23-9-4-3-5-10-23/h3-6,8-10,12,16,24,26H,7,11,13-15,17-20H2,1-2H3,(H,34,35)/t24-,26-/m1/s1. The minimum Gasteiger partial charge on any atom is -0.480 e. The van der Waals surface area contributed by atoms with Crippen molar-refractivity contribution in [3.63, 3.8) is 0 Å². The van der Waals surface area contributed by atoms with Gasteiger partial charge in [0.2, 0.25) is 11.8 Å². The molecule has 3 aromatic rings. The molecular weight excluding hydrogens is 468 g/mol. The lowest BCUT2D eigenvalue weighted by molar-refractivity contribution is -0.144. The maximum atomic E-state index is 12.8. The van der Waals surface area contributed by atoms with E-state index in [2.05, 4.69) is 11.1 Å². The zero-order valence-corrected chi connectivity index (χ0v) is 21.7. The van der Waals surface area contributed by atoms with Crippen LogP contribution in [0, 0.1) is 19.8 Å². The molecule has 4 rings (SSSR count). The summed E-state index contributed by atoms with van der Waals surface area (Å²) in [4.78, 5) is 30.4. The number of carboxylic acid groups (broad SMARTS) is 1. The van der Waals surface area contributed by atoms with Gasteiger partial charge in [0.05, 0.1) is 19.1 Å². The highest BCUT2D eigenvalue weighted by atomic mass is 16.5. The monoisotopic (exact) mass is 504 g/mol. The van der Waals surface area contributed by atoms with Crippen LogP contribution in [0.25, 0.3) is 11.5 Å². The number of benzene rings is 2. The number of aryl methyl sites for hydroxylation is 2. The predicted molar refractivity (Wildman–Crippen MR) is 141 cm³/mol. The SMILES string of the molecule is Cc1cccc(-c2nc(CO[C@@H]3CCC[C@H](CCN(CC(=O)O)C(=O)Cc4ccccc4)C3)c(C)o2)c1. The minimum atomic E-state index is -0.987. The Balaban J connectivity index is 1.29. The van der Waals surface area contributed by atoms with Crippen LogP contribution in [-0.4, -0.2) is 46.1 Å². The van der Waals surface area contributed by atoms with Gasteiger partial charge in [0.15, 0.2) is 0 Å². The van der Waals surface area contributed by atoms with E-state index < -0.39 is 5.97 Å². The van der Waals surface area contributed by atoms with Crippen molar-refractivity contribution in [2.75, 3.05) is 13.1 Å². The molecule has 196 valence electrons. The first-order valence-corrected chi connectivity index (χ1v) is 13.1. The van der Waals surface area contributed by atoms with Gasteiger partial charge in [0.25, 0.3) is 0 Å². The van der Waals surface area contributed by atoms with Gasteiger partial charge in [-0.15, -0.1) is 0 Å². The lowest BCUT2D eigenvalue weighted by Crippen LogP contribution is -2.38. The molecule has 0 bridgehead atoms. The van der Waals surface area contributed by atoms with Gasteiger partial charge in [-0.25, -0.2) is 4.98 Å². The highest BCUT2D eigenvalue weighted by Gasteiger charge is 2.25. The second-order valence-electron chi connectivity index (χ2n) is 10.0. The van der Waals surface area contributed by atoms with Crippen molar-refractivity contribution < 1.29 is 23.8 Å². The largest absolute Gasteiger partial charge is 0.480 e. The van der Waals surface area contributed by atoms with Crippen LogP contribution in [0.5, 0.6) is 0 Å². The molecule has 1 amide bonds. The molecule has 1 aromatic heterocycles. The molecule has 0 aliphatic heterocycles. The number of amides is 1. The summed E-state index contributed by atoms with van der Waals surface area (Å²) in [7, 11) is 0. The molecule has 0 unspecified atom stereocenters. The van der Waals surface area contributed by atoms with Crippen LogP contribution in [0.2, 0.25) is 0 Å². The Morgan fingerprint density at radius 3 is 2.68 bits per heavy atom. The third-order valence-corrected chi connectivity index (χ3v) is 7.03. The quantitative estimate of drug-likeness (QED) is 0.366. The first-order valence-electron chi connectivity index (χ1n) is 13.1. The number of carbonyl (C=O) groups excluding carboxylic acids is 1. The van der Waals surface area contributed by atoms with Crippen molar-refractivity contribution in [1.82, 2.24) is 9.88 Å². The smallest absolute Gasteiger partial charge is 0.323 e. The van der Waals surface area contributed by atoms with Gasteiger partial charge < -0.3 is 19.2 Å². The molecule has 1 N–H and O–H groups in total. The molecule has 0 spiro atoms. The van der Waals surface area contributed by atoms with E-state index in [1.54, 1.807) is 0 Å². The lowest BCUT2D eigenvalue weighted by Gasteiger charge is -2.31. The Morgan fingerprint density at radius 1 is 1.11 bits per heavy atom. The predicted octanol–water partition coefficient (Wildman–Crippen LogP) is 5.58. The lowest BCUT2D eigenvalue weighted by atomic mass is 9.85. The number of nitrogens with zero attached hydrogens (tertiary/aromatic N) is 2. The van der Waals surface area contributed by atoms with E-state index in [1.807, 2.05) is 62.4 Å². The second kappa shape index (κ2) is 12.7. The third kappa shape index (κ3) is 7.76. The fourth-order valence-electron chi connectivity index (χ4n) is 4.99. The van der Waals surface area contributed by atoms with E-state index in [1.165, 1.54) is 4.90 Å². The number of oxazole rings is 1. The van der Waals surface area contributed by atoms with Crippen LogP contribution >= 0.6 is 0 Å². The van der Waals surface area contributed by atoms with E-state index in [4.69, 9.17) is 9.15 Å². The van der Waals surface area contributed by atoms with Gasteiger partial charge in [-0.3, -0.25) is 9.59 Å². The Bertz CT molecular complexity index is 1190. The summed E-state index contributed by atoms with van der Waals surface area (Å²) >= 11 is 0. The van der Waals surface area contributed by atoms with E-state index in [-0.39, 0.29) is 25.0 Å². The fourth-order valence-corrected chi connectivity index (χ4v) is 4.99. The number of ether oxygens (including phenoxy) is 1. The molecule has 7 heteroatoms. The Hall–Kier alpha value is -3.45. The Morgan fingerprint density at radius 2 is 1.92 bits per heavy atom. The van der Waals surface area contributed by atoms with E-state index in [0.29, 0.717) is 25.0 Å². The Kier molecular flexibility index (Phi) is 9.12. The molecule has 1 saturated carbocycles. The van der Waals surface area contributed by atoms with Crippen LogP contribution in [0.4, 0.5) is 0 Å². The topological polar surface area (TPSA) is 92.9 Å². The van der Waals surface area contributed by atoms with Crippen LogP contribution in [0.1, 0.15) is 54.7 Å². The zero-order chi connectivity index (χ0) is 26.2. The second-order valence-corrected chi connectivity index (χ2v) is 10.0. The number of aromatic nitrogens is 1. The summed E-state index contributed by atoms with van der Waals surface area (Å²) in [5.41, 5.74) is 3.82. The average molecular weight is 505 g/mol. The molecule has 1 aliphatic carbocycles. The molecule has 1 fully saturated rings. The summed E-state index contributed by atoms with van der Waals surface area (Å²) in [6.07, 6.45) is 5.11. The third-order valence-electron chi connectivity index (χ3n) is 7.03. The summed E-state index contributed by atoms with van der Waals surface area (Å²) in [5, 5.41) is 9.34. The van der Waals surface area contributed by atoms with Crippen LogP contribution < -0.4 is 0 Å². The fraction of sp³-hybridized carbons (Fsp3) is 0.433. The normalized spacial score (nSPS) is 17.5. The Labute approximate surface area is 218 Å². The van der Waals surface area contributed by atoms with Crippen molar-refractivity contribution in [2.45, 2.75) is 65.1 Å². The van der Waals surface area contributed by atoms with Crippen LogP contribution in [0.3, 0.4) is 0 Å². The number of hydrogen-bond donors (Lipinski definition) is 1. The van der Waals surface area contributed by atoms with Gasteiger partial charge in [-0.2, -0.15) is 0 Å². The molecule has 0 saturated heterocycles. The van der Waals surface area contributed by atoms with E-state index in [9.17, 15) is 14.7 Å². The molecule has 1 aliphatic rings. The molecule has 2 aromatic carbocycles. The number of aliphatic carboxylic acids is 1. The van der Waals surface area contributed by atoms with Gasteiger partial charge in [-0.05, 0) is 56.7 Å².